The van der Waals surface area contributed by atoms with Crippen LogP contribution in [0.25, 0.3) is 0 Å². The molecule has 0 saturated carbocycles. The van der Waals surface area contributed by atoms with E-state index in [1.165, 1.54) is 36.6 Å². The molecule has 29 heavy (non-hydrogen) atoms. The number of benzene rings is 1. The maximum Gasteiger partial charge on any atom is 0.341 e. The summed E-state index contributed by atoms with van der Waals surface area (Å²) in [5.74, 6) is -2.15. The van der Waals surface area contributed by atoms with Crippen molar-refractivity contribution >= 4 is 44.0 Å². The summed E-state index contributed by atoms with van der Waals surface area (Å²) < 4.78 is 32.5. The first-order valence-corrected chi connectivity index (χ1v) is 11.3. The van der Waals surface area contributed by atoms with Gasteiger partial charge in [-0.25, -0.2) is 18.0 Å². The molecule has 0 unspecified atom stereocenters. The summed E-state index contributed by atoms with van der Waals surface area (Å²) in [5.41, 5.74) is 1.55. The molecule has 0 radical (unpaired) electrons. The lowest BCUT2D eigenvalue weighted by molar-refractivity contribution is -0.119. The highest BCUT2D eigenvalue weighted by Crippen LogP contribution is 2.32. The Morgan fingerprint density at radius 2 is 1.83 bits per heavy atom. The van der Waals surface area contributed by atoms with Crippen molar-refractivity contribution in [2.24, 2.45) is 0 Å². The van der Waals surface area contributed by atoms with Gasteiger partial charge in [0, 0.05) is 11.1 Å². The van der Waals surface area contributed by atoms with Gasteiger partial charge in [0.25, 0.3) is 5.91 Å². The van der Waals surface area contributed by atoms with E-state index < -0.39 is 34.3 Å². The number of aryl methyl sites for hydroxylation is 1. The Balaban J connectivity index is 2.03. The van der Waals surface area contributed by atoms with Crippen LogP contribution >= 0.6 is 11.3 Å². The molecule has 1 N–H and O–H groups in total. The summed E-state index contributed by atoms with van der Waals surface area (Å²) in [6, 6.07) is 5.99. The van der Waals surface area contributed by atoms with E-state index in [-0.39, 0.29) is 16.9 Å². The number of hydrogen-bond acceptors (Lipinski definition) is 8. The Kier molecular flexibility index (Phi) is 7.15. The van der Waals surface area contributed by atoms with Crippen LogP contribution in [0.3, 0.4) is 0 Å². The quantitative estimate of drug-likeness (QED) is 0.659. The van der Waals surface area contributed by atoms with Gasteiger partial charge in [0.2, 0.25) is 0 Å². The molecule has 2 rings (SSSR count). The number of carbonyl (C=O) groups is 3. The zero-order chi connectivity index (χ0) is 21.8. The molecule has 0 saturated heterocycles. The van der Waals surface area contributed by atoms with Gasteiger partial charge in [0.1, 0.15) is 5.00 Å². The number of nitrogens with one attached hydrogen (secondary N) is 1. The highest BCUT2D eigenvalue weighted by atomic mass is 32.2. The van der Waals surface area contributed by atoms with Crippen molar-refractivity contribution in [2.75, 3.05) is 25.3 Å². The molecule has 0 spiro atoms. The zero-order valence-corrected chi connectivity index (χ0v) is 18.0. The largest absolute Gasteiger partial charge is 0.465 e. The molecule has 1 aromatic heterocycles. The van der Waals surface area contributed by atoms with Crippen LogP contribution in [0.15, 0.2) is 24.3 Å². The van der Waals surface area contributed by atoms with E-state index in [1.807, 2.05) is 6.92 Å². The number of rotatable bonds is 7. The van der Waals surface area contributed by atoms with Crippen molar-refractivity contribution in [3.63, 3.8) is 0 Å². The van der Waals surface area contributed by atoms with Gasteiger partial charge >= 0.3 is 11.9 Å². The maximum atomic E-state index is 12.2. The number of carbonyl (C=O) groups excluding carboxylic acids is 3. The highest BCUT2D eigenvalue weighted by Gasteiger charge is 2.22. The van der Waals surface area contributed by atoms with Crippen molar-refractivity contribution in [3.05, 3.63) is 51.4 Å². The summed E-state index contributed by atoms with van der Waals surface area (Å²) in [5, 5.41) is 2.88. The third-order valence-corrected chi connectivity index (χ3v) is 5.93. The third-order valence-electron chi connectivity index (χ3n) is 3.95. The molecular formula is C19H21NO7S2. The number of methoxy groups -OCH3 is 1. The molecule has 0 aliphatic carbocycles. The molecule has 1 amide bonds. The van der Waals surface area contributed by atoms with Gasteiger partial charge in [-0.05, 0) is 37.1 Å². The number of esters is 2. The second kappa shape index (κ2) is 9.19. The minimum Gasteiger partial charge on any atom is -0.465 e. The predicted octanol–water partition coefficient (Wildman–Crippen LogP) is 2.49. The average molecular weight is 440 g/mol. The van der Waals surface area contributed by atoms with Crippen LogP contribution in [0.1, 0.15) is 36.7 Å². The van der Waals surface area contributed by atoms with Crippen LogP contribution in [0.2, 0.25) is 0 Å². The van der Waals surface area contributed by atoms with Gasteiger partial charge in [-0.2, -0.15) is 0 Å². The van der Waals surface area contributed by atoms with Crippen LogP contribution in [-0.2, 0) is 29.9 Å². The molecule has 156 valence electrons. The first-order chi connectivity index (χ1) is 13.5. The Morgan fingerprint density at radius 1 is 1.14 bits per heavy atom. The monoisotopic (exact) mass is 439 g/mol. The van der Waals surface area contributed by atoms with E-state index in [2.05, 4.69) is 5.32 Å². The van der Waals surface area contributed by atoms with Crippen LogP contribution in [-0.4, -0.2) is 46.2 Å². The second-order valence-corrected chi connectivity index (χ2v) is 9.74. The van der Waals surface area contributed by atoms with Gasteiger partial charge in [0.15, 0.2) is 16.4 Å². The number of thiophene rings is 1. The molecule has 0 aliphatic rings. The van der Waals surface area contributed by atoms with E-state index in [1.54, 1.807) is 13.0 Å². The molecule has 0 atom stereocenters. The molecule has 10 heteroatoms. The normalized spacial score (nSPS) is 11.0. The SMILES string of the molecule is COC(=O)c1c(NC(=O)COC(=O)c2cccc(CS(C)(=O)=O)c2)sc(C)c1C. The lowest BCUT2D eigenvalue weighted by atomic mass is 10.1. The van der Waals surface area contributed by atoms with Crippen LogP contribution in [0.5, 0.6) is 0 Å². The zero-order valence-electron chi connectivity index (χ0n) is 16.4. The Morgan fingerprint density at radius 3 is 2.45 bits per heavy atom. The van der Waals surface area contributed by atoms with Crippen LogP contribution in [0.4, 0.5) is 5.00 Å². The molecule has 0 bridgehead atoms. The van der Waals surface area contributed by atoms with Gasteiger partial charge in [-0.3, -0.25) is 4.79 Å². The number of amides is 1. The van der Waals surface area contributed by atoms with Crippen LogP contribution in [0, 0.1) is 13.8 Å². The molecule has 1 heterocycles. The lowest BCUT2D eigenvalue weighted by Gasteiger charge is -2.08. The minimum absolute atomic E-state index is 0.136. The van der Waals surface area contributed by atoms with Crippen molar-refractivity contribution in [2.45, 2.75) is 19.6 Å². The van der Waals surface area contributed by atoms with Gasteiger partial charge in [0.05, 0.1) is 24.0 Å². The lowest BCUT2D eigenvalue weighted by Crippen LogP contribution is -2.21. The molecule has 0 aliphatic heterocycles. The molecule has 0 fully saturated rings. The van der Waals surface area contributed by atoms with Crippen molar-refractivity contribution in [1.82, 2.24) is 0 Å². The topological polar surface area (TPSA) is 116 Å². The Labute approximate surface area is 172 Å². The third kappa shape index (κ3) is 6.13. The molecule has 2 aromatic rings. The Hall–Kier alpha value is -2.72. The van der Waals surface area contributed by atoms with Gasteiger partial charge in [-0.1, -0.05) is 12.1 Å². The summed E-state index contributed by atoms with van der Waals surface area (Å²) in [4.78, 5) is 37.1. The van der Waals surface area contributed by atoms with Crippen LogP contribution < -0.4 is 5.32 Å². The van der Waals surface area contributed by atoms with Gasteiger partial charge < -0.3 is 14.8 Å². The highest BCUT2D eigenvalue weighted by molar-refractivity contribution is 7.89. The predicted molar refractivity (Wildman–Crippen MR) is 109 cm³/mol. The summed E-state index contributed by atoms with van der Waals surface area (Å²) >= 11 is 1.22. The number of hydrogen-bond donors (Lipinski definition) is 1. The summed E-state index contributed by atoms with van der Waals surface area (Å²) in [6.45, 7) is 2.99. The van der Waals surface area contributed by atoms with E-state index in [9.17, 15) is 22.8 Å². The fourth-order valence-corrected chi connectivity index (χ4v) is 4.38. The maximum absolute atomic E-state index is 12.2. The standard InChI is InChI=1S/C19H21NO7S2/c1-11-12(2)28-17(16(11)19(23)26-3)20-15(21)9-27-18(22)14-7-5-6-13(8-14)10-29(4,24)25/h5-8H,9-10H2,1-4H3,(H,20,21). The first-order valence-electron chi connectivity index (χ1n) is 8.43. The van der Waals surface area contributed by atoms with E-state index >= 15 is 0 Å². The fourth-order valence-electron chi connectivity index (χ4n) is 2.53. The van der Waals surface area contributed by atoms with E-state index in [0.29, 0.717) is 16.1 Å². The van der Waals surface area contributed by atoms with E-state index in [0.717, 1.165) is 11.1 Å². The number of anilines is 1. The number of ether oxygens (including phenoxy) is 2. The Bertz CT molecular complexity index is 1050. The van der Waals surface area contributed by atoms with Crippen molar-refractivity contribution in [3.8, 4) is 0 Å². The number of sulfone groups is 1. The van der Waals surface area contributed by atoms with Crippen molar-refractivity contribution in [1.29, 1.82) is 0 Å². The first kappa shape index (κ1) is 22.6. The fraction of sp³-hybridized carbons (Fsp3) is 0.316. The molecular weight excluding hydrogens is 418 g/mol. The average Bonchev–Trinajstić information content (AvgIpc) is 2.91. The molecule has 1 aromatic carbocycles. The van der Waals surface area contributed by atoms with Crippen molar-refractivity contribution < 1.29 is 32.3 Å². The van der Waals surface area contributed by atoms with Gasteiger partial charge in [-0.15, -0.1) is 11.3 Å². The second-order valence-electron chi connectivity index (χ2n) is 6.37. The smallest absolute Gasteiger partial charge is 0.341 e. The summed E-state index contributed by atoms with van der Waals surface area (Å²) in [6.07, 6.45) is 1.10. The van der Waals surface area contributed by atoms with E-state index in [4.69, 9.17) is 9.47 Å². The summed E-state index contributed by atoms with van der Waals surface area (Å²) in [7, 11) is -2.00. The molecule has 8 nitrogen and oxygen atoms in total. The minimum atomic E-state index is -3.25.